The van der Waals surface area contributed by atoms with Crippen LogP contribution >= 0.6 is 0 Å². The molecule has 1 amide bonds. The van der Waals surface area contributed by atoms with Crippen molar-refractivity contribution in [3.8, 4) is 5.75 Å². The Morgan fingerprint density at radius 3 is 3.00 bits per heavy atom. The molecule has 5 heteroatoms. The van der Waals surface area contributed by atoms with E-state index < -0.39 is 0 Å². The number of hydrogen-bond donors (Lipinski definition) is 1. The number of carbonyl (C=O) groups is 1. The van der Waals surface area contributed by atoms with Crippen molar-refractivity contribution in [1.29, 1.82) is 0 Å². The molecule has 0 spiro atoms. The number of para-hydroxylation sites is 2. The fourth-order valence-corrected chi connectivity index (χ4v) is 1.95. The lowest BCUT2D eigenvalue weighted by molar-refractivity contribution is 0.116. The molecule has 1 aliphatic heterocycles. The fourth-order valence-electron chi connectivity index (χ4n) is 1.95. The average Bonchev–Trinajstić information content (AvgIpc) is 2.41. The maximum atomic E-state index is 11.8. The first-order valence-corrected chi connectivity index (χ1v) is 6.12. The van der Waals surface area contributed by atoms with Crippen LogP contribution in [0.3, 0.4) is 0 Å². The number of nitrogens with zero attached hydrogens (tertiary/aromatic N) is 1. The van der Waals surface area contributed by atoms with Crippen molar-refractivity contribution in [2.75, 3.05) is 31.2 Å². The van der Waals surface area contributed by atoms with Gasteiger partial charge in [-0.15, -0.1) is 0 Å². The summed E-state index contributed by atoms with van der Waals surface area (Å²) in [6.45, 7) is 3.93. The Labute approximate surface area is 106 Å². The van der Waals surface area contributed by atoms with Crippen LogP contribution in [0.15, 0.2) is 24.3 Å². The molecule has 1 saturated heterocycles. The molecule has 1 heterocycles. The van der Waals surface area contributed by atoms with Crippen molar-refractivity contribution in [3.63, 3.8) is 0 Å². The van der Waals surface area contributed by atoms with Crippen molar-refractivity contribution in [2.24, 2.45) is 11.7 Å². The molecule has 0 bridgehead atoms. The van der Waals surface area contributed by atoms with Crippen LogP contribution in [0.1, 0.15) is 6.92 Å². The highest BCUT2D eigenvalue weighted by Crippen LogP contribution is 2.30. The van der Waals surface area contributed by atoms with Crippen LogP contribution in [0.25, 0.3) is 0 Å². The zero-order valence-corrected chi connectivity index (χ0v) is 10.5. The maximum Gasteiger partial charge on any atom is 0.414 e. The van der Waals surface area contributed by atoms with Crippen LogP contribution in [0, 0.1) is 5.92 Å². The summed E-state index contributed by atoms with van der Waals surface area (Å²) in [6.07, 6.45) is -0.341. The van der Waals surface area contributed by atoms with E-state index in [1.807, 2.05) is 31.2 Å². The van der Waals surface area contributed by atoms with Crippen LogP contribution < -0.4 is 15.4 Å². The molecule has 2 rings (SSSR count). The quantitative estimate of drug-likeness (QED) is 0.881. The number of amides is 1. The van der Waals surface area contributed by atoms with Crippen molar-refractivity contribution in [2.45, 2.75) is 6.92 Å². The Kier molecular flexibility index (Phi) is 4.04. The molecule has 1 aromatic rings. The Balaban J connectivity index is 2.25. The number of carbonyl (C=O) groups excluding carboxylic acids is 1. The molecular formula is C13H18N2O3. The highest BCUT2D eigenvalue weighted by molar-refractivity contribution is 5.90. The van der Waals surface area contributed by atoms with Gasteiger partial charge in [-0.3, -0.25) is 4.90 Å². The number of hydrogen-bond acceptors (Lipinski definition) is 4. The van der Waals surface area contributed by atoms with E-state index in [-0.39, 0.29) is 12.0 Å². The fraction of sp³-hybridized carbons (Fsp3) is 0.462. The molecule has 1 atom stereocenters. The van der Waals surface area contributed by atoms with Gasteiger partial charge in [0.25, 0.3) is 0 Å². The first-order chi connectivity index (χ1) is 8.76. The summed E-state index contributed by atoms with van der Waals surface area (Å²) in [5.41, 5.74) is 6.37. The van der Waals surface area contributed by atoms with E-state index in [0.29, 0.717) is 32.1 Å². The van der Waals surface area contributed by atoms with Gasteiger partial charge in [0, 0.05) is 19.0 Å². The Hall–Kier alpha value is -1.75. The average molecular weight is 250 g/mol. The zero-order valence-electron chi connectivity index (χ0n) is 10.5. The summed E-state index contributed by atoms with van der Waals surface area (Å²) in [6, 6.07) is 7.45. The van der Waals surface area contributed by atoms with Gasteiger partial charge in [-0.1, -0.05) is 12.1 Å². The second kappa shape index (κ2) is 5.73. The number of ether oxygens (including phenoxy) is 2. The van der Waals surface area contributed by atoms with E-state index in [9.17, 15) is 4.79 Å². The highest BCUT2D eigenvalue weighted by atomic mass is 16.6. The molecule has 2 N–H and O–H groups in total. The van der Waals surface area contributed by atoms with E-state index in [1.165, 1.54) is 0 Å². The molecule has 18 heavy (non-hydrogen) atoms. The summed E-state index contributed by atoms with van der Waals surface area (Å²) in [5.74, 6) is 0.854. The van der Waals surface area contributed by atoms with Gasteiger partial charge in [0.2, 0.25) is 0 Å². The minimum absolute atomic E-state index is 0.164. The summed E-state index contributed by atoms with van der Waals surface area (Å²) < 4.78 is 10.7. The van der Waals surface area contributed by atoms with Crippen LogP contribution in [0.2, 0.25) is 0 Å². The van der Waals surface area contributed by atoms with Crippen molar-refractivity contribution < 1.29 is 14.3 Å². The molecule has 5 nitrogen and oxygen atoms in total. The number of nitrogens with two attached hydrogens (primary N) is 1. The van der Waals surface area contributed by atoms with Gasteiger partial charge in [0.05, 0.1) is 18.9 Å². The van der Waals surface area contributed by atoms with Gasteiger partial charge in [-0.05, 0) is 19.1 Å². The second-order valence-electron chi connectivity index (χ2n) is 4.19. The highest BCUT2D eigenvalue weighted by Gasteiger charge is 2.29. The number of cyclic esters (lactones) is 1. The summed E-state index contributed by atoms with van der Waals surface area (Å²) in [7, 11) is 0. The second-order valence-corrected chi connectivity index (χ2v) is 4.19. The molecule has 1 aromatic carbocycles. The molecule has 98 valence electrons. The van der Waals surface area contributed by atoms with E-state index in [0.717, 1.165) is 5.69 Å². The maximum absolute atomic E-state index is 11.8. The lowest BCUT2D eigenvalue weighted by atomic mass is 10.1. The standard InChI is InChI=1S/C13H18N2O3/c1-2-17-12-6-4-3-5-11(12)15-8-10(7-14)9-18-13(15)16/h3-6,10H,2,7-9,14H2,1H3. The van der Waals surface area contributed by atoms with Crippen molar-refractivity contribution in [3.05, 3.63) is 24.3 Å². The van der Waals surface area contributed by atoms with E-state index in [2.05, 4.69) is 0 Å². The van der Waals surface area contributed by atoms with E-state index in [1.54, 1.807) is 4.90 Å². The topological polar surface area (TPSA) is 64.8 Å². The summed E-state index contributed by atoms with van der Waals surface area (Å²) >= 11 is 0. The van der Waals surface area contributed by atoms with Gasteiger partial charge in [0.1, 0.15) is 5.75 Å². The van der Waals surface area contributed by atoms with Crippen LogP contribution in [-0.2, 0) is 4.74 Å². The Bertz CT molecular complexity index is 422. The zero-order chi connectivity index (χ0) is 13.0. The summed E-state index contributed by atoms with van der Waals surface area (Å²) in [4.78, 5) is 13.4. The molecule has 1 fully saturated rings. The number of benzene rings is 1. The molecule has 1 unspecified atom stereocenters. The molecule has 0 saturated carbocycles. The van der Waals surface area contributed by atoms with Crippen LogP contribution in [-0.4, -0.2) is 32.4 Å². The summed E-state index contributed by atoms with van der Waals surface area (Å²) in [5, 5.41) is 0. The predicted octanol–water partition coefficient (Wildman–Crippen LogP) is 1.62. The van der Waals surface area contributed by atoms with E-state index >= 15 is 0 Å². The third-order valence-electron chi connectivity index (χ3n) is 2.89. The molecule has 1 aliphatic rings. The van der Waals surface area contributed by atoms with Gasteiger partial charge in [0.15, 0.2) is 0 Å². The van der Waals surface area contributed by atoms with Gasteiger partial charge < -0.3 is 15.2 Å². The Morgan fingerprint density at radius 2 is 2.28 bits per heavy atom. The van der Waals surface area contributed by atoms with Gasteiger partial charge in [-0.25, -0.2) is 4.79 Å². The minimum Gasteiger partial charge on any atom is -0.492 e. The normalized spacial score (nSPS) is 19.6. The smallest absolute Gasteiger partial charge is 0.414 e. The first kappa shape index (κ1) is 12.7. The van der Waals surface area contributed by atoms with Crippen molar-refractivity contribution in [1.82, 2.24) is 0 Å². The minimum atomic E-state index is -0.341. The first-order valence-electron chi connectivity index (χ1n) is 6.12. The lowest BCUT2D eigenvalue weighted by Crippen LogP contribution is -2.45. The van der Waals surface area contributed by atoms with E-state index in [4.69, 9.17) is 15.2 Å². The molecule has 0 aromatic heterocycles. The van der Waals surface area contributed by atoms with Gasteiger partial charge in [-0.2, -0.15) is 0 Å². The Morgan fingerprint density at radius 1 is 1.50 bits per heavy atom. The predicted molar refractivity (Wildman–Crippen MR) is 68.8 cm³/mol. The van der Waals surface area contributed by atoms with Crippen molar-refractivity contribution >= 4 is 11.8 Å². The van der Waals surface area contributed by atoms with Crippen LogP contribution in [0.5, 0.6) is 5.75 Å². The molecule has 0 radical (unpaired) electrons. The lowest BCUT2D eigenvalue weighted by Gasteiger charge is -2.32. The number of anilines is 1. The third-order valence-corrected chi connectivity index (χ3v) is 2.89. The monoisotopic (exact) mass is 250 g/mol. The number of rotatable bonds is 4. The molecular weight excluding hydrogens is 232 g/mol. The van der Waals surface area contributed by atoms with Gasteiger partial charge >= 0.3 is 6.09 Å². The SMILES string of the molecule is CCOc1ccccc1N1CC(CN)COC1=O. The molecule has 0 aliphatic carbocycles. The largest absolute Gasteiger partial charge is 0.492 e. The third kappa shape index (κ3) is 2.56. The van der Waals surface area contributed by atoms with Crippen LogP contribution in [0.4, 0.5) is 10.5 Å².